The van der Waals surface area contributed by atoms with E-state index < -0.39 is 0 Å². The highest BCUT2D eigenvalue weighted by molar-refractivity contribution is 7.99. The van der Waals surface area contributed by atoms with Crippen LogP contribution in [-0.2, 0) is 0 Å². The number of amides is 1. The van der Waals surface area contributed by atoms with Crippen molar-refractivity contribution in [2.45, 2.75) is 30.6 Å². The summed E-state index contributed by atoms with van der Waals surface area (Å²) in [5.74, 6) is -0.131. The van der Waals surface area contributed by atoms with Crippen molar-refractivity contribution in [2.24, 2.45) is 0 Å². The van der Waals surface area contributed by atoms with Gasteiger partial charge in [-0.2, -0.15) is 11.8 Å². The zero-order chi connectivity index (χ0) is 14.8. The van der Waals surface area contributed by atoms with Crippen molar-refractivity contribution in [3.8, 4) is 0 Å². The smallest absolute Gasteiger partial charge is 0.270 e. The normalized spacial score (nSPS) is 21.6. The summed E-state index contributed by atoms with van der Waals surface area (Å²) < 4.78 is 0. The van der Waals surface area contributed by atoms with E-state index in [4.69, 9.17) is 11.6 Å². The van der Waals surface area contributed by atoms with Crippen LogP contribution in [0.25, 0.3) is 10.9 Å². The molecule has 21 heavy (non-hydrogen) atoms. The molecule has 3 rings (SSSR count). The molecule has 3 nitrogen and oxygen atoms in total. The van der Waals surface area contributed by atoms with Gasteiger partial charge in [0.2, 0.25) is 0 Å². The lowest BCUT2D eigenvalue weighted by atomic mass is 10.2. The van der Waals surface area contributed by atoms with Gasteiger partial charge in [0.25, 0.3) is 5.91 Å². The summed E-state index contributed by atoms with van der Waals surface area (Å²) in [5, 5.41) is 5.05. The minimum atomic E-state index is -0.131. The molecule has 1 aromatic heterocycles. The fourth-order valence-electron chi connectivity index (χ4n) is 2.86. The maximum atomic E-state index is 12.4. The second-order valence-corrected chi connectivity index (χ2v) is 6.78. The van der Waals surface area contributed by atoms with E-state index in [-0.39, 0.29) is 11.9 Å². The van der Waals surface area contributed by atoms with E-state index in [2.05, 4.69) is 16.6 Å². The highest BCUT2D eigenvalue weighted by Gasteiger charge is 2.28. The van der Waals surface area contributed by atoms with Crippen LogP contribution >= 0.6 is 23.4 Å². The Kier molecular flexibility index (Phi) is 4.36. The molecule has 1 heterocycles. The molecule has 0 radical (unpaired) electrons. The van der Waals surface area contributed by atoms with E-state index in [0.29, 0.717) is 16.0 Å². The Morgan fingerprint density at radius 1 is 1.38 bits per heavy atom. The predicted molar refractivity (Wildman–Crippen MR) is 89.2 cm³/mol. The fraction of sp³-hybridized carbons (Fsp3) is 0.375. The summed E-state index contributed by atoms with van der Waals surface area (Å²) in [6, 6.07) is 9.48. The average Bonchev–Trinajstić information content (AvgIpc) is 2.94. The molecule has 1 saturated carbocycles. The first-order valence-electron chi connectivity index (χ1n) is 7.08. The number of thioether (sulfide) groups is 1. The number of fused-ring (bicyclic) bond motifs is 1. The third-order valence-electron chi connectivity index (χ3n) is 3.97. The van der Waals surface area contributed by atoms with Crippen LogP contribution in [0.2, 0.25) is 5.02 Å². The predicted octanol–water partition coefficient (Wildman–Crippen LogP) is 3.90. The SMILES string of the molecule is CSC1CCCC1NC(=O)c1cc(Cl)c2ccccc2n1. The van der Waals surface area contributed by atoms with Gasteiger partial charge in [-0.25, -0.2) is 4.98 Å². The molecule has 1 aromatic carbocycles. The van der Waals surface area contributed by atoms with E-state index in [0.717, 1.165) is 23.7 Å². The molecule has 2 aromatic rings. The Bertz CT molecular complexity index is 676. The maximum Gasteiger partial charge on any atom is 0.270 e. The molecule has 0 spiro atoms. The maximum absolute atomic E-state index is 12.4. The zero-order valence-electron chi connectivity index (χ0n) is 11.8. The first-order chi connectivity index (χ1) is 10.2. The third-order valence-corrected chi connectivity index (χ3v) is 5.45. The molecular weight excluding hydrogens is 304 g/mol. The van der Waals surface area contributed by atoms with Gasteiger partial charge in [0, 0.05) is 16.7 Å². The van der Waals surface area contributed by atoms with Gasteiger partial charge in [-0.3, -0.25) is 4.79 Å². The second kappa shape index (κ2) is 6.24. The number of aromatic nitrogens is 1. The molecule has 1 aliphatic carbocycles. The minimum Gasteiger partial charge on any atom is -0.347 e. The summed E-state index contributed by atoms with van der Waals surface area (Å²) in [5.41, 5.74) is 1.15. The zero-order valence-corrected chi connectivity index (χ0v) is 13.4. The Labute approximate surface area is 133 Å². The molecule has 110 valence electrons. The summed E-state index contributed by atoms with van der Waals surface area (Å²) in [7, 11) is 0. The van der Waals surface area contributed by atoms with Crippen molar-refractivity contribution in [3.05, 3.63) is 41.0 Å². The lowest BCUT2D eigenvalue weighted by Gasteiger charge is -2.19. The highest BCUT2D eigenvalue weighted by Crippen LogP contribution is 2.29. The summed E-state index contributed by atoms with van der Waals surface area (Å²) >= 11 is 8.08. The molecule has 1 amide bonds. The summed E-state index contributed by atoms with van der Waals surface area (Å²) in [4.78, 5) is 16.8. The van der Waals surface area contributed by atoms with Crippen LogP contribution in [0.4, 0.5) is 0 Å². The molecule has 5 heteroatoms. The van der Waals surface area contributed by atoms with Gasteiger partial charge in [-0.15, -0.1) is 0 Å². The number of rotatable bonds is 3. The first kappa shape index (κ1) is 14.7. The van der Waals surface area contributed by atoms with Crippen LogP contribution < -0.4 is 5.32 Å². The molecule has 2 atom stereocenters. The molecule has 1 aliphatic rings. The Morgan fingerprint density at radius 2 is 2.19 bits per heavy atom. The molecule has 0 bridgehead atoms. The number of benzene rings is 1. The molecule has 2 unspecified atom stereocenters. The van der Waals surface area contributed by atoms with Crippen LogP contribution in [0.5, 0.6) is 0 Å². The number of hydrogen-bond donors (Lipinski definition) is 1. The van der Waals surface area contributed by atoms with Crippen molar-refractivity contribution >= 4 is 40.2 Å². The summed E-state index contributed by atoms with van der Waals surface area (Å²) in [6.07, 6.45) is 5.47. The molecule has 0 aliphatic heterocycles. The standard InChI is InChI=1S/C16H17ClN2OS/c1-21-15-8-4-7-13(15)19-16(20)14-9-11(17)10-5-2-3-6-12(10)18-14/h2-3,5-6,9,13,15H,4,7-8H2,1H3,(H,19,20). The monoisotopic (exact) mass is 320 g/mol. The highest BCUT2D eigenvalue weighted by atomic mass is 35.5. The number of carbonyl (C=O) groups excluding carboxylic acids is 1. The van der Waals surface area contributed by atoms with E-state index in [1.807, 2.05) is 36.0 Å². The molecule has 1 N–H and O–H groups in total. The van der Waals surface area contributed by atoms with E-state index >= 15 is 0 Å². The van der Waals surface area contributed by atoms with Crippen LogP contribution in [-0.4, -0.2) is 28.4 Å². The van der Waals surface area contributed by atoms with Gasteiger partial charge in [0.05, 0.1) is 10.5 Å². The lowest BCUT2D eigenvalue weighted by molar-refractivity contribution is 0.0934. The Hall–Kier alpha value is -1.26. The average molecular weight is 321 g/mol. The van der Waals surface area contributed by atoms with Gasteiger partial charge >= 0.3 is 0 Å². The van der Waals surface area contributed by atoms with Gasteiger partial charge in [0.1, 0.15) is 5.69 Å². The summed E-state index contributed by atoms with van der Waals surface area (Å²) in [6.45, 7) is 0. The van der Waals surface area contributed by atoms with Crippen LogP contribution in [0.1, 0.15) is 29.8 Å². The molecular formula is C16H17ClN2OS. The number of carbonyl (C=O) groups is 1. The minimum absolute atomic E-state index is 0.131. The number of halogens is 1. The van der Waals surface area contributed by atoms with E-state index in [1.54, 1.807) is 6.07 Å². The second-order valence-electron chi connectivity index (χ2n) is 5.29. The number of nitrogens with zero attached hydrogens (tertiary/aromatic N) is 1. The number of nitrogens with one attached hydrogen (secondary N) is 1. The van der Waals surface area contributed by atoms with Gasteiger partial charge in [0.15, 0.2) is 0 Å². The quantitative estimate of drug-likeness (QED) is 0.932. The number of hydrogen-bond acceptors (Lipinski definition) is 3. The lowest BCUT2D eigenvalue weighted by Crippen LogP contribution is -2.39. The van der Waals surface area contributed by atoms with E-state index in [9.17, 15) is 4.79 Å². The third kappa shape index (κ3) is 3.01. The van der Waals surface area contributed by atoms with Crippen molar-refractivity contribution in [1.29, 1.82) is 0 Å². The fourth-order valence-corrected chi connectivity index (χ4v) is 4.06. The van der Waals surface area contributed by atoms with Crippen molar-refractivity contribution in [1.82, 2.24) is 10.3 Å². The van der Waals surface area contributed by atoms with Gasteiger partial charge < -0.3 is 5.32 Å². The Morgan fingerprint density at radius 3 is 3.00 bits per heavy atom. The van der Waals surface area contributed by atoms with Crippen molar-refractivity contribution < 1.29 is 4.79 Å². The van der Waals surface area contributed by atoms with Crippen LogP contribution in [0.15, 0.2) is 30.3 Å². The Balaban J connectivity index is 1.84. The number of para-hydroxylation sites is 1. The van der Waals surface area contributed by atoms with E-state index in [1.165, 1.54) is 6.42 Å². The van der Waals surface area contributed by atoms with Crippen molar-refractivity contribution in [3.63, 3.8) is 0 Å². The molecule has 0 saturated heterocycles. The van der Waals surface area contributed by atoms with Crippen LogP contribution in [0, 0.1) is 0 Å². The van der Waals surface area contributed by atoms with Crippen molar-refractivity contribution in [2.75, 3.05) is 6.26 Å². The van der Waals surface area contributed by atoms with Crippen LogP contribution in [0.3, 0.4) is 0 Å². The van der Waals surface area contributed by atoms with Gasteiger partial charge in [-0.1, -0.05) is 36.2 Å². The topological polar surface area (TPSA) is 42.0 Å². The number of pyridine rings is 1. The first-order valence-corrected chi connectivity index (χ1v) is 8.74. The molecule has 1 fully saturated rings. The van der Waals surface area contributed by atoms with Gasteiger partial charge in [-0.05, 0) is 31.2 Å². The largest absolute Gasteiger partial charge is 0.347 e.